The fourth-order valence-electron chi connectivity index (χ4n) is 10.8. The average Bonchev–Trinajstić information content (AvgIpc) is 4.02. The largest absolute Gasteiger partial charge is 0.310 e. The van der Waals surface area contributed by atoms with E-state index in [1.807, 2.05) is 11.3 Å². The van der Waals surface area contributed by atoms with Crippen LogP contribution < -0.4 is 9.80 Å². The standard InChI is InChI=1S/C63H42N2S/c1-5-18-43(19-6-1)45-32-36-49(37-33-45)65(50-38-34-46(35-39-50)44-20-7-2-8-21-44)58-30-17-29-57-61(58)60-53-27-14-16-31-59(53)66-62(60)63(57)55-28-15-13-26-52(55)54-42-51(40-41-56(54)63)64(47-22-9-3-10-23-47)48-24-11-4-12-25-48/h1-42H. The summed E-state index contributed by atoms with van der Waals surface area (Å²) in [6.07, 6.45) is 0. The average molecular weight is 859 g/mol. The lowest BCUT2D eigenvalue weighted by Crippen LogP contribution is -2.25. The number of benzene rings is 10. The highest BCUT2D eigenvalue weighted by atomic mass is 32.1. The summed E-state index contributed by atoms with van der Waals surface area (Å²) in [5.74, 6) is 0. The van der Waals surface area contributed by atoms with E-state index in [-0.39, 0.29) is 0 Å². The molecule has 66 heavy (non-hydrogen) atoms. The number of anilines is 6. The van der Waals surface area contributed by atoms with Gasteiger partial charge in [0.15, 0.2) is 0 Å². The SMILES string of the molecule is c1ccc(-c2ccc(N(c3ccc(-c4ccccc4)cc3)c3cccc4c3-c3c(sc5ccccc35)C43c4ccccc4-c4cc(N(c5ccccc5)c5ccccc5)ccc43)cc2)cc1. The van der Waals surface area contributed by atoms with E-state index in [1.54, 1.807) is 0 Å². The molecule has 2 aliphatic carbocycles. The van der Waals surface area contributed by atoms with E-state index in [2.05, 4.69) is 265 Å². The van der Waals surface area contributed by atoms with Gasteiger partial charge in [0.05, 0.1) is 11.1 Å². The van der Waals surface area contributed by atoms with Gasteiger partial charge < -0.3 is 9.80 Å². The number of para-hydroxylation sites is 2. The first-order chi connectivity index (χ1) is 32.8. The second kappa shape index (κ2) is 15.5. The van der Waals surface area contributed by atoms with Crippen molar-refractivity contribution in [3.8, 4) is 44.5 Å². The maximum Gasteiger partial charge on any atom is 0.0820 e. The smallest absolute Gasteiger partial charge is 0.0820 e. The minimum absolute atomic E-state index is 0.529. The summed E-state index contributed by atoms with van der Waals surface area (Å²) in [6, 6.07) is 93.5. The number of rotatable bonds is 8. The highest BCUT2D eigenvalue weighted by Gasteiger charge is 2.54. The van der Waals surface area contributed by atoms with Crippen molar-refractivity contribution in [3.05, 3.63) is 276 Å². The van der Waals surface area contributed by atoms with Crippen LogP contribution in [-0.4, -0.2) is 0 Å². The van der Waals surface area contributed by atoms with Crippen LogP contribution in [0.1, 0.15) is 21.6 Å². The first-order valence-electron chi connectivity index (χ1n) is 22.7. The predicted molar refractivity (Wildman–Crippen MR) is 278 cm³/mol. The lowest BCUT2D eigenvalue weighted by Gasteiger charge is -2.32. The molecule has 10 aromatic carbocycles. The van der Waals surface area contributed by atoms with Gasteiger partial charge in [0.1, 0.15) is 0 Å². The molecule has 13 rings (SSSR count). The molecule has 0 N–H and O–H groups in total. The van der Waals surface area contributed by atoms with Crippen molar-refractivity contribution in [2.75, 3.05) is 9.80 Å². The second-order valence-corrected chi connectivity index (χ2v) is 18.2. The van der Waals surface area contributed by atoms with E-state index in [1.165, 1.54) is 76.2 Å². The van der Waals surface area contributed by atoms with Gasteiger partial charge >= 0.3 is 0 Å². The van der Waals surface area contributed by atoms with Crippen LogP contribution in [-0.2, 0) is 5.41 Å². The molecule has 11 aromatic rings. The van der Waals surface area contributed by atoms with Crippen molar-refractivity contribution in [2.24, 2.45) is 0 Å². The van der Waals surface area contributed by atoms with E-state index in [0.29, 0.717) is 0 Å². The molecule has 1 aromatic heterocycles. The maximum absolute atomic E-state index is 2.49. The zero-order valence-electron chi connectivity index (χ0n) is 36.1. The van der Waals surface area contributed by atoms with E-state index >= 15 is 0 Å². The Bertz CT molecular complexity index is 3440. The van der Waals surface area contributed by atoms with Crippen LogP contribution in [0.3, 0.4) is 0 Å². The third-order valence-electron chi connectivity index (χ3n) is 13.7. The Labute approximate surface area is 389 Å². The lowest BCUT2D eigenvalue weighted by atomic mass is 9.73. The Balaban J connectivity index is 1.06. The van der Waals surface area contributed by atoms with Gasteiger partial charge in [-0.2, -0.15) is 0 Å². The Morgan fingerprint density at radius 1 is 0.303 bits per heavy atom. The quantitative estimate of drug-likeness (QED) is 0.150. The highest BCUT2D eigenvalue weighted by molar-refractivity contribution is 7.20. The highest BCUT2D eigenvalue weighted by Crippen LogP contribution is 2.68. The first kappa shape index (κ1) is 38.2. The van der Waals surface area contributed by atoms with Crippen molar-refractivity contribution in [2.45, 2.75) is 5.41 Å². The molecular weight excluding hydrogens is 817 g/mol. The lowest BCUT2D eigenvalue weighted by molar-refractivity contribution is 0.811. The molecule has 1 atom stereocenters. The molecule has 2 nitrogen and oxygen atoms in total. The topological polar surface area (TPSA) is 6.48 Å². The Morgan fingerprint density at radius 3 is 1.39 bits per heavy atom. The maximum atomic E-state index is 2.49. The summed E-state index contributed by atoms with van der Waals surface area (Å²) in [7, 11) is 0. The van der Waals surface area contributed by atoms with Crippen LogP contribution in [0.4, 0.5) is 34.1 Å². The number of hydrogen-bond acceptors (Lipinski definition) is 3. The Morgan fingerprint density at radius 2 is 0.773 bits per heavy atom. The van der Waals surface area contributed by atoms with E-state index in [9.17, 15) is 0 Å². The fraction of sp³-hybridized carbons (Fsp3) is 0.0159. The normalized spacial score (nSPS) is 14.1. The minimum Gasteiger partial charge on any atom is -0.310 e. The molecule has 0 amide bonds. The van der Waals surface area contributed by atoms with Crippen molar-refractivity contribution in [1.29, 1.82) is 0 Å². The van der Waals surface area contributed by atoms with Crippen molar-refractivity contribution in [3.63, 3.8) is 0 Å². The molecule has 2 aliphatic rings. The van der Waals surface area contributed by atoms with Crippen LogP contribution in [0.5, 0.6) is 0 Å². The van der Waals surface area contributed by atoms with Gasteiger partial charge in [-0.05, 0) is 123 Å². The fourth-order valence-corrected chi connectivity index (χ4v) is 12.3. The molecule has 0 saturated carbocycles. The molecular formula is C63H42N2S. The van der Waals surface area contributed by atoms with E-state index in [4.69, 9.17) is 0 Å². The number of nitrogens with zero attached hydrogens (tertiary/aromatic N) is 2. The predicted octanol–water partition coefficient (Wildman–Crippen LogP) is 17.5. The number of thiophene rings is 1. The van der Waals surface area contributed by atoms with Crippen LogP contribution in [0, 0.1) is 0 Å². The number of fused-ring (bicyclic) bond motifs is 12. The van der Waals surface area contributed by atoms with Gasteiger partial charge in [-0.1, -0.05) is 182 Å². The molecule has 3 heteroatoms. The molecule has 310 valence electrons. The monoisotopic (exact) mass is 858 g/mol. The molecule has 0 bridgehead atoms. The van der Waals surface area contributed by atoms with Gasteiger partial charge in [0, 0.05) is 54.5 Å². The third kappa shape index (κ3) is 5.87. The van der Waals surface area contributed by atoms with Crippen LogP contribution in [0.15, 0.2) is 255 Å². The summed E-state index contributed by atoms with van der Waals surface area (Å²) in [5.41, 5.74) is 20.2. The molecule has 0 saturated heterocycles. The zero-order chi connectivity index (χ0) is 43.6. The zero-order valence-corrected chi connectivity index (χ0v) is 36.9. The molecule has 0 fully saturated rings. The summed E-state index contributed by atoms with van der Waals surface area (Å²) < 4.78 is 1.30. The van der Waals surface area contributed by atoms with Gasteiger partial charge in [0.2, 0.25) is 0 Å². The van der Waals surface area contributed by atoms with Crippen molar-refractivity contribution >= 4 is 55.5 Å². The van der Waals surface area contributed by atoms with Gasteiger partial charge in [-0.25, -0.2) is 0 Å². The molecule has 1 heterocycles. The second-order valence-electron chi connectivity index (χ2n) is 17.2. The molecule has 0 radical (unpaired) electrons. The summed E-state index contributed by atoms with van der Waals surface area (Å²) in [5, 5.41) is 1.30. The molecule has 1 spiro atoms. The van der Waals surface area contributed by atoms with Crippen LogP contribution in [0.2, 0.25) is 0 Å². The van der Waals surface area contributed by atoms with E-state index < -0.39 is 5.41 Å². The van der Waals surface area contributed by atoms with Crippen LogP contribution >= 0.6 is 11.3 Å². The Hall–Kier alpha value is -8.24. The van der Waals surface area contributed by atoms with Gasteiger partial charge in [-0.15, -0.1) is 11.3 Å². The van der Waals surface area contributed by atoms with E-state index in [0.717, 1.165) is 34.1 Å². The molecule has 0 aliphatic heterocycles. The van der Waals surface area contributed by atoms with Crippen molar-refractivity contribution in [1.82, 2.24) is 0 Å². The number of hydrogen-bond donors (Lipinski definition) is 0. The minimum atomic E-state index is -0.529. The summed E-state index contributed by atoms with van der Waals surface area (Å²) in [4.78, 5) is 6.25. The van der Waals surface area contributed by atoms with Crippen molar-refractivity contribution < 1.29 is 0 Å². The summed E-state index contributed by atoms with van der Waals surface area (Å²) in [6.45, 7) is 0. The summed E-state index contributed by atoms with van der Waals surface area (Å²) >= 11 is 1.95. The van der Waals surface area contributed by atoms with Gasteiger partial charge in [0.25, 0.3) is 0 Å². The third-order valence-corrected chi connectivity index (χ3v) is 14.9. The first-order valence-corrected chi connectivity index (χ1v) is 23.5. The van der Waals surface area contributed by atoms with Crippen LogP contribution in [0.25, 0.3) is 54.6 Å². The molecule has 1 unspecified atom stereocenters. The van der Waals surface area contributed by atoms with Gasteiger partial charge in [-0.3, -0.25) is 0 Å². The Kier molecular flexibility index (Phi) is 8.97.